The smallest absolute Gasteiger partial charge is 0.341 e. The molecule has 4 heteroatoms. The average molecular weight is 350 g/mol. The zero-order chi connectivity index (χ0) is 18.9. The second kappa shape index (κ2) is 6.94. The lowest BCUT2D eigenvalue weighted by molar-refractivity contribution is 0.00707. The van der Waals surface area contributed by atoms with Gasteiger partial charge in [0.25, 0.3) is 0 Å². The molecule has 0 spiro atoms. The molecule has 0 N–H and O–H groups in total. The van der Waals surface area contributed by atoms with E-state index in [1.54, 1.807) is 6.20 Å². The van der Waals surface area contributed by atoms with Crippen LogP contribution in [0.1, 0.15) is 61.8 Å². The third-order valence-corrected chi connectivity index (χ3v) is 4.49. The lowest BCUT2D eigenvalue weighted by Crippen LogP contribution is -2.24. The maximum Gasteiger partial charge on any atom is 0.341 e. The van der Waals surface area contributed by atoms with Crippen LogP contribution in [0.25, 0.3) is 11.0 Å². The van der Waals surface area contributed by atoms with Crippen molar-refractivity contribution in [2.45, 2.75) is 52.7 Å². The van der Waals surface area contributed by atoms with E-state index in [1.165, 1.54) is 5.56 Å². The number of nitrogens with zero attached hydrogens (tertiary/aromatic N) is 2. The molecule has 0 bridgehead atoms. The van der Waals surface area contributed by atoms with Crippen LogP contribution in [0.3, 0.4) is 0 Å². The largest absolute Gasteiger partial charge is 0.456 e. The summed E-state index contributed by atoms with van der Waals surface area (Å²) in [5.41, 5.74) is 2.99. The number of esters is 1. The first kappa shape index (κ1) is 18.2. The minimum absolute atomic E-state index is 0.116. The maximum atomic E-state index is 12.9. The van der Waals surface area contributed by atoms with Crippen molar-refractivity contribution in [3.05, 3.63) is 65.5 Å². The summed E-state index contributed by atoms with van der Waals surface area (Å²) >= 11 is 0. The van der Waals surface area contributed by atoms with Crippen molar-refractivity contribution < 1.29 is 9.53 Å². The predicted molar refractivity (Wildman–Crippen MR) is 105 cm³/mol. The predicted octanol–water partition coefficient (Wildman–Crippen LogP) is 5.30. The van der Waals surface area contributed by atoms with E-state index in [9.17, 15) is 4.79 Å². The molecule has 0 saturated carbocycles. The Kier molecular flexibility index (Phi) is 4.86. The SMILES string of the molecule is CCC(c1ccccc1)n1c(C)c(C(=O)OC(C)(C)C)c2cccnc21. The number of carbonyl (C=O) groups excluding carboxylic acids is 1. The highest BCUT2D eigenvalue weighted by Gasteiger charge is 2.28. The summed E-state index contributed by atoms with van der Waals surface area (Å²) in [6.45, 7) is 9.79. The molecule has 1 atom stereocenters. The number of aromatic nitrogens is 2. The summed E-state index contributed by atoms with van der Waals surface area (Å²) < 4.78 is 7.84. The van der Waals surface area contributed by atoms with Gasteiger partial charge in [0.1, 0.15) is 11.2 Å². The van der Waals surface area contributed by atoms with Gasteiger partial charge in [-0.15, -0.1) is 0 Å². The molecule has 1 aromatic carbocycles. The number of hydrogen-bond donors (Lipinski definition) is 0. The maximum absolute atomic E-state index is 12.9. The van der Waals surface area contributed by atoms with Crippen LogP contribution in [0.4, 0.5) is 0 Å². The van der Waals surface area contributed by atoms with Crippen molar-refractivity contribution in [1.82, 2.24) is 9.55 Å². The molecule has 3 aromatic rings. The Labute approximate surface area is 154 Å². The van der Waals surface area contributed by atoms with Crippen LogP contribution >= 0.6 is 0 Å². The first-order valence-electron chi connectivity index (χ1n) is 9.07. The molecule has 1 unspecified atom stereocenters. The fourth-order valence-corrected chi connectivity index (χ4v) is 3.47. The van der Waals surface area contributed by atoms with Crippen molar-refractivity contribution in [3.63, 3.8) is 0 Å². The molecule has 26 heavy (non-hydrogen) atoms. The van der Waals surface area contributed by atoms with Crippen LogP contribution in [0.2, 0.25) is 0 Å². The first-order valence-corrected chi connectivity index (χ1v) is 9.07. The van der Waals surface area contributed by atoms with Crippen LogP contribution in [0.15, 0.2) is 48.7 Å². The molecule has 2 heterocycles. The second-order valence-electron chi connectivity index (χ2n) is 7.54. The molecule has 4 nitrogen and oxygen atoms in total. The highest BCUT2D eigenvalue weighted by molar-refractivity contribution is 6.05. The van der Waals surface area contributed by atoms with Crippen molar-refractivity contribution in [2.24, 2.45) is 0 Å². The van der Waals surface area contributed by atoms with Gasteiger partial charge in [0.2, 0.25) is 0 Å². The zero-order valence-corrected chi connectivity index (χ0v) is 16.1. The molecule has 3 rings (SSSR count). The van der Waals surface area contributed by atoms with E-state index in [-0.39, 0.29) is 12.0 Å². The van der Waals surface area contributed by atoms with E-state index in [4.69, 9.17) is 4.74 Å². The molecule has 0 aliphatic rings. The lowest BCUT2D eigenvalue weighted by atomic mass is 10.0. The number of benzene rings is 1. The molecule has 136 valence electrons. The third-order valence-electron chi connectivity index (χ3n) is 4.49. The Morgan fingerprint density at radius 3 is 2.46 bits per heavy atom. The Bertz CT molecular complexity index is 920. The highest BCUT2D eigenvalue weighted by Crippen LogP contribution is 2.33. The van der Waals surface area contributed by atoms with Gasteiger partial charge >= 0.3 is 5.97 Å². The van der Waals surface area contributed by atoms with Gasteiger partial charge < -0.3 is 9.30 Å². The summed E-state index contributed by atoms with van der Waals surface area (Å²) in [6.07, 6.45) is 2.67. The minimum atomic E-state index is -0.538. The van der Waals surface area contributed by atoms with Crippen molar-refractivity contribution in [2.75, 3.05) is 0 Å². The summed E-state index contributed by atoms with van der Waals surface area (Å²) in [4.78, 5) is 17.5. The Morgan fingerprint density at radius 1 is 1.15 bits per heavy atom. The summed E-state index contributed by atoms with van der Waals surface area (Å²) in [7, 11) is 0. The molecule has 0 aliphatic heterocycles. The molecule has 2 aromatic heterocycles. The zero-order valence-electron chi connectivity index (χ0n) is 16.1. The van der Waals surface area contributed by atoms with Crippen LogP contribution < -0.4 is 0 Å². The molecule has 0 saturated heterocycles. The molecular weight excluding hydrogens is 324 g/mol. The number of ether oxygens (including phenoxy) is 1. The Morgan fingerprint density at radius 2 is 1.85 bits per heavy atom. The number of carbonyl (C=O) groups is 1. The fraction of sp³-hybridized carbons (Fsp3) is 0.364. The lowest BCUT2D eigenvalue weighted by Gasteiger charge is -2.21. The topological polar surface area (TPSA) is 44.1 Å². The molecular formula is C22H26N2O2. The summed E-state index contributed by atoms with van der Waals surface area (Å²) in [5.74, 6) is -0.297. The summed E-state index contributed by atoms with van der Waals surface area (Å²) in [6, 6.07) is 14.3. The van der Waals surface area contributed by atoms with E-state index >= 15 is 0 Å². The van der Waals surface area contributed by atoms with Crippen LogP contribution in [-0.4, -0.2) is 21.1 Å². The normalized spacial score (nSPS) is 13.0. The fourth-order valence-electron chi connectivity index (χ4n) is 3.47. The number of fused-ring (bicyclic) bond motifs is 1. The highest BCUT2D eigenvalue weighted by atomic mass is 16.6. The van der Waals surface area contributed by atoms with E-state index in [0.29, 0.717) is 5.56 Å². The molecule has 0 amide bonds. The van der Waals surface area contributed by atoms with E-state index in [2.05, 4.69) is 28.6 Å². The molecule has 0 aliphatic carbocycles. The summed E-state index contributed by atoms with van der Waals surface area (Å²) in [5, 5.41) is 0.841. The number of pyridine rings is 1. The monoisotopic (exact) mass is 350 g/mol. The van der Waals surface area contributed by atoms with E-state index in [1.807, 2.05) is 58.0 Å². The molecule has 0 radical (unpaired) electrons. The van der Waals surface area contributed by atoms with Gasteiger partial charge in [-0.2, -0.15) is 0 Å². The van der Waals surface area contributed by atoms with Crippen LogP contribution in [0.5, 0.6) is 0 Å². The van der Waals surface area contributed by atoms with Crippen LogP contribution in [-0.2, 0) is 4.74 Å². The van der Waals surface area contributed by atoms with Gasteiger partial charge in [-0.25, -0.2) is 9.78 Å². The van der Waals surface area contributed by atoms with Crippen molar-refractivity contribution in [3.8, 4) is 0 Å². The van der Waals surface area contributed by atoms with Gasteiger partial charge in [-0.05, 0) is 51.8 Å². The van der Waals surface area contributed by atoms with Crippen molar-refractivity contribution >= 4 is 17.0 Å². The standard InChI is InChI=1S/C22H26N2O2/c1-6-18(16-11-8-7-9-12-16)24-15(2)19(21(25)26-22(3,4)5)17-13-10-14-23-20(17)24/h7-14,18H,6H2,1-5H3. The molecule has 0 fully saturated rings. The Hall–Kier alpha value is -2.62. The van der Waals surface area contributed by atoms with E-state index < -0.39 is 5.60 Å². The number of rotatable bonds is 4. The van der Waals surface area contributed by atoms with Gasteiger partial charge in [-0.3, -0.25) is 0 Å². The second-order valence-corrected chi connectivity index (χ2v) is 7.54. The number of hydrogen-bond acceptors (Lipinski definition) is 3. The van der Waals surface area contributed by atoms with Gasteiger partial charge in [-0.1, -0.05) is 37.3 Å². The Balaban J connectivity index is 2.21. The van der Waals surface area contributed by atoms with Gasteiger partial charge in [0, 0.05) is 17.3 Å². The van der Waals surface area contributed by atoms with Crippen LogP contribution in [0, 0.1) is 6.92 Å². The van der Waals surface area contributed by atoms with Crippen molar-refractivity contribution in [1.29, 1.82) is 0 Å². The third kappa shape index (κ3) is 3.36. The van der Waals surface area contributed by atoms with Gasteiger partial charge in [0.15, 0.2) is 0 Å². The average Bonchev–Trinajstić information content (AvgIpc) is 2.88. The van der Waals surface area contributed by atoms with E-state index in [0.717, 1.165) is 23.1 Å². The quantitative estimate of drug-likeness (QED) is 0.600. The van der Waals surface area contributed by atoms with Gasteiger partial charge in [0.05, 0.1) is 11.6 Å². The minimum Gasteiger partial charge on any atom is -0.456 e. The first-order chi connectivity index (χ1) is 12.3.